The maximum absolute atomic E-state index is 12.7. The SMILES string of the molecule is C=CCN(Cc1ccc(C)s1)C(=O)C[C@H]1CN(C(C)C)CCO1. The van der Waals surface area contributed by atoms with Gasteiger partial charge in [0.1, 0.15) is 0 Å². The van der Waals surface area contributed by atoms with Crippen LogP contribution in [0.25, 0.3) is 0 Å². The molecule has 1 aliphatic rings. The van der Waals surface area contributed by atoms with Gasteiger partial charge in [0.05, 0.1) is 25.7 Å². The molecule has 0 saturated carbocycles. The molecule has 0 aromatic carbocycles. The Bertz CT molecular complexity index is 527. The number of thiophene rings is 1. The van der Waals surface area contributed by atoms with Crippen LogP contribution < -0.4 is 0 Å². The zero-order valence-corrected chi connectivity index (χ0v) is 15.3. The predicted molar refractivity (Wildman–Crippen MR) is 95.7 cm³/mol. The summed E-state index contributed by atoms with van der Waals surface area (Å²) in [4.78, 5) is 19.4. The quantitative estimate of drug-likeness (QED) is 0.718. The fraction of sp³-hybridized carbons (Fsp3) is 0.611. The molecule has 1 fully saturated rings. The lowest BCUT2D eigenvalue weighted by molar-refractivity contribution is -0.136. The molecule has 2 rings (SSSR count). The van der Waals surface area contributed by atoms with Crippen molar-refractivity contribution in [2.45, 2.75) is 45.9 Å². The van der Waals surface area contributed by atoms with Crippen LogP contribution in [0.3, 0.4) is 0 Å². The van der Waals surface area contributed by atoms with E-state index >= 15 is 0 Å². The van der Waals surface area contributed by atoms with Gasteiger partial charge in [-0.3, -0.25) is 9.69 Å². The highest BCUT2D eigenvalue weighted by Crippen LogP contribution is 2.19. The van der Waals surface area contributed by atoms with Gasteiger partial charge in [-0.25, -0.2) is 0 Å². The van der Waals surface area contributed by atoms with E-state index in [0.717, 1.165) is 13.1 Å². The molecule has 4 nitrogen and oxygen atoms in total. The summed E-state index contributed by atoms with van der Waals surface area (Å²) in [5, 5.41) is 0. The third-order valence-electron chi connectivity index (χ3n) is 4.15. The van der Waals surface area contributed by atoms with Gasteiger partial charge in [0.2, 0.25) is 5.91 Å². The summed E-state index contributed by atoms with van der Waals surface area (Å²) in [5.41, 5.74) is 0. The average Bonchev–Trinajstić information content (AvgIpc) is 2.92. The van der Waals surface area contributed by atoms with E-state index in [1.165, 1.54) is 9.75 Å². The van der Waals surface area contributed by atoms with E-state index in [1.807, 2.05) is 4.90 Å². The summed E-state index contributed by atoms with van der Waals surface area (Å²) in [6, 6.07) is 4.69. The molecule has 1 aliphatic heterocycles. The summed E-state index contributed by atoms with van der Waals surface area (Å²) in [7, 11) is 0. The maximum Gasteiger partial charge on any atom is 0.225 e. The van der Waals surface area contributed by atoms with Gasteiger partial charge >= 0.3 is 0 Å². The van der Waals surface area contributed by atoms with Crippen LogP contribution in [0, 0.1) is 6.92 Å². The minimum absolute atomic E-state index is 0.00367. The van der Waals surface area contributed by atoms with Crippen LogP contribution in [0.15, 0.2) is 24.8 Å². The van der Waals surface area contributed by atoms with E-state index in [1.54, 1.807) is 17.4 Å². The van der Waals surface area contributed by atoms with Gasteiger partial charge in [0.15, 0.2) is 0 Å². The molecule has 0 aliphatic carbocycles. The van der Waals surface area contributed by atoms with E-state index in [9.17, 15) is 4.79 Å². The highest BCUT2D eigenvalue weighted by Gasteiger charge is 2.26. The molecule has 1 atom stereocenters. The molecule has 1 aromatic heterocycles. The average molecular weight is 337 g/mol. The highest BCUT2D eigenvalue weighted by molar-refractivity contribution is 7.11. The van der Waals surface area contributed by atoms with Gasteiger partial charge in [0.25, 0.3) is 0 Å². The van der Waals surface area contributed by atoms with E-state index in [-0.39, 0.29) is 12.0 Å². The van der Waals surface area contributed by atoms with Crippen molar-refractivity contribution in [3.63, 3.8) is 0 Å². The van der Waals surface area contributed by atoms with Gasteiger partial charge in [-0.2, -0.15) is 0 Å². The lowest BCUT2D eigenvalue weighted by Crippen LogP contribution is -2.47. The Morgan fingerprint density at radius 2 is 2.35 bits per heavy atom. The van der Waals surface area contributed by atoms with E-state index in [0.29, 0.717) is 32.2 Å². The van der Waals surface area contributed by atoms with E-state index in [2.05, 4.69) is 44.4 Å². The van der Waals surface area contributed by atoms with Crippen molar-refractivity contribution in [2.75, 3.05) is 26.2 Å². The number of nitrogens with zero attached hydrogens (tertiary/aromatic N) is 2. The number of ether oxygens (including phenoxy) is 1. The largest absolute Gasteiger partial charge is 0.375 e. The zero-order chi connectivity index (χ0) is 16.8. The minimum Gasteiger partial charge on any atom is -0.375 e. The molecule has 1 amide bonds. The fourth-order valence-electron chi connectivity index (χ4n) is 2.83. The Kier molecular flexibility index (Phi) is 6.81. The van der Waals surface area contributed by atoms with Crippen LogP contribution in [0.4, 0.5) is 0 Å². The first-order valence-electron chi connectivity index (χ1n) is 8.29. The molecule has 0 N–H and O–H groups in total. The number of hydrogen-bond acceptors (Lipinski definition) is 4. The first-order chi connectivity index (χ1) is 11.0. The van der Waals surface area contributed by atoms with Crippen LogP contribution in [-0.4, -0.2) is 54.1 Å². The van der Waals surface area contributed by atoms with Gasteiger partial charge in [-0.15, -0.1) is 17.9 Å². The predicted octanol–water partition coefficient (Wildman–Crippen LogP) is 3.07. The molecule has 0 radical (unpaired) electrons. The smallest absolute Gasteiger partial charge is 0.225 e. The zero-order valence-electron chi connectivity index (χ0n) is 14.5. The van der Waals surface area contributed by atoms with Gasteiger partial charge in [0, 0.05) is 35.4 Å². The number of amides is 1. The van der Waals surface area contributed by atoms with Crippen molar-refractivity contribution >= 4 is 17.2 Å². The second-order valence-electron chi connectivity index (χ2n) is 6.36. The van der Waals surface area contributed by atoms with Crippen molar-refractivity contribution in [3.05, 3.63) is 34.5 Å². The Balaban J connectivity index is 1.93. The molecular weight excluding hydrogens is 308 g/mol. The molecule has 0 bridgehead atoms. The first kappa shape index (κ1) is 18.2. The van der Waals surface area contributed by atoms with Crippen molar-refractivity contribution < 1.29 is 9.53 Å². The molecule has 0 unspecified atom stereocenters. The van der Waals surface area contributed by atoms with Gasteiger partial charge < -0.3 is 9.64 Å². The van der Waals surface area contributed by atoms with Crippen LogP contribution in [-0.2, 0) is 16.1 Å². The number of aryl methyl sites for hydroxylation is 1. The van der Waals surface area contributed by atoms with E-state index < -0.39 is 0 Å². The number of carbonyl (C=O) groups excluding carboxylic acids is 1. The van der Waals surface area contributed by atoms with Crippen LogP contribution in [0.2, 0.25) is 0 Å². The van der Waals surface area contributed by atoms with Crippen LogP contribution in [0.5, 0.6) is 0 Å². The molecule has 5 heteroatoms. The third-order valence-corrected chi connectivity index (χ3v) is 5.13. The first-order valence-corrected chi connectivity index (χ1v) is 9.11. The number of hydrogen-bond donors (Lipinski definition) is 0. The van der Waals surface area contributed by atoms with Crippen LogP contribution >= 0.6 is 11.3 Å². The molecule has 1 saturated heterocycles. The normalized spacial score (nSPS) is 19.0. The Morgan fingerprint density at radius 3 is 2.96 bits per heavy atom. The second kappa shape index (κ2) is 8.62. The monoisotopic (exact) mass is 336 g/mol. The Labute approximate surface area is 143 Å². The molecule has 0 spiro atoms. The summed E-state index contributed by atoms with van der Waals surface area (Å²) in [5.74, 6) is 0.145. The van der Waals surface area contributed by atoms with Crippen molar-refractivity contribution in [1.29, 1.82) is 0 Å². The molecule has 1 aromatic rings. The standard InChI is InChI=1S/C18H28N2O2S/c1-5-8-20(13-17-7-6-15(4)23-17)18(21)11-16-12-19(14(2)3)9-10-22-16/h5-7,14,16H,1,8-13H2,2-4H3/t16-/m0/s1. The van der Waals surface area contributed by atoms with Crippen molar-refractivity contribution in [1.82, 2.24) is 9.80 Å². The Morgan fingerprint density at radius 1 is 1.57 bits per heavy atom. The Hall–Kier alpha value is -1.17. The highest BCUT2D eigenvalue weighted by atomic mass is 32.1. The summed E-state index contributed by atoms with van der Waals surface area (Å²) in [6.07, 6.45) is 2.23. The molecule has 2 heterocycles. The topological polar surface area (TPSA) is 32.8 Å². The lowest BCUT2D eigenvalue weighted by Gasteiger charge is -2.36. The maximum atomic E-state index is 12.7. The van der Waals surface area contributed by atoms with Crippen molar-refractivity contribution in [3.8, 4) is 0 Å². The van der Waals surface area contributed by atoms with E-state index in [4.69, 9.17) is 4.74 Å². The third kappa shape index (κ3) is 5.44. The van der Waals surface area contributed by atoms with Crippen LogP contribution in [0.1, 0.15) is 30.0 Å². The molecular formula is C18H28N2O2S. The molecule has 23 heavy (non-hydrogen) atoms. The number of morpholine rings is 1. The number of rotatable bonds is 7. The van der Waals surface area contributed by atoms with Crippen molar-refractivity contribution in [2.24, 2.45) is 0 Å². The summed E-state index contributed by atoms with van der Waals surface area (Å²) < 4.78 is 5.80. The fourth-order valence-corrected chi connectivity index (χ4v) is 3.73. The van der Waals surface area contributed by atoms with Gasteiger partial charge in [-0.1, -0.05) is 6.08 Å². The summed E-state index contributed by atoms with van der Waals surface area (Å²) in [6.45, 7) is 14.0. The number of carbonyl (C=O) groups is 1. The lowest BCUT2D eigenvalue weighted by atomic mass is 10.1. The summed E-state index contributed by atoms with van der Waals surface area (Å²) >= 11 is 1.74. The minimum atomic E-state index is -0.00367. The molecule has 128 valence electrons. The van der Waals surface area contributed by atoms with Gasteiger partial charge in [-0.05, 0) is 32.9 Å². The second-order valence-corrected chi connectivity index (χ2v) is 7.73.